The van der Waals surface area contributed by atoms with Gasteiger partial charge in [0.15, 0.2) is 12.0 Å². The molecule has 18 heavy (non-hydrogen) atoms. The van der Waals surface area contributed by atoms with Crippen LogP contribution in [0.25, 0.3) is 11.1 Å². The van der Waals surface area contributed by atoms with Gasteiger partial charge in [-0.25, -0.2) is 10.8 Å². The molecule has 1 aliphatic rings. The first-order valence-corrected chi connectivity index (χ1v) is 6.11. The lowest BCUT2D eigenvalue weighted by molar-refractivity contribution is -0.126. The van der Waals surface area contributed by atoms with Crippen LogP contribution in [0.1, 0.15) is 31.2 Å². The normalized spacial score (nSPS) is 18.1. The van der Waals surface area contributed by atoms with Gasteiger partial charge in [-0.15, -0.1) is 0 Å². The van der Waals surface area contributed by atoms with Gasteiger partial charge in [0, 0.05) is 0 Å². The molecule has 1 aliphatic carbocycles. The Balaban J connectivity index is 2.11. The van der Waals surface area contributed by atoms with Gasteiger partial charge in [0.1, 0.15) is 5.52 Å². The molecule has 1 saturated carbocycles. The average Bonchev–Trinajstić information content (AvgIpc) is 3.06. The third-order valence-corrected chi connectivity index (χ3v) is 3.91. The second-order valence-electron chi connectivity index (χ2n) is 4.80. The molecule has 5 nitrogen and oxygen atoms in total. The second-order valence-corrected chi connectivity index (χ2v) is 4.80. The summed E-state index contributed by atoms with van der Waals surface area (Å²) >= 11 is 0. The number of amides is 1. The van der Waals surface area contributed by atoms with Crippen LogP contribution in [0.2, 0.25) is 0 Å². The first-order chi connectivity index (χ1) is 8.76. The number of hydrogen-bond acceptors (Lipinski definition) is 4. The van der Waals surface area contributed by atoms with E-state index >= 15 is 0 Å². The fraction of sp³-hybridized carbons (Fsp3) is 0.385. The van der Waals surface area contributed by atoms with E-state index in [2.05, 4.69) is 10.4 Å². The maximum absolute atomic E-state index is 12.1. The predicted molar refractivity (Wildman–Crippen MR) is 66.5 cm³/mol. The van der Waals surface area contributed by atoms with Gasteiger partial charge in [0.25, 0.3) is 0 Å². The molecular weight excluding hydrogens is 230 g/mol. The lowest BCUT2D eigenvalue weighted by Gasteiger charge is -2.27. The molecule has 0 atom stereocenters. The summed E-state index contributed by atoms with van der Waals surface area (Å²) < 4.78 is 5.30. The van der Waals surface area contributed by atoms with Crippen LogP contribution in [-0.4, -0.2) is 10.9 Å². The standard InChI is InChI=1S/C13H15N3O2/c14-16-12(17)13(5-1-2-6-13)9-3-4-10-11(7-9)18-8-15-10/h3-4,7-8H,1-2,5-6,14H2,(H,16,17). The van der Waals surface area contributed by atoms with Crippen LogP contribution < -0.4 is 11.3 Å². The molecule has 1 fully saturated rings. The number of nitrogens with one attached hydrogen (secondary N) is 1. The number of fused-ring (bicyclic) bond motifs is 1. The molecule has 3 N–H and O–H groups in total. The van der Waals surface area contributed by atoms with Crippen LogP contribution in [0.5, 0.6) is 0 Å². The van der Waals surface area contributed by atoms with E-state index in [4.69, 9.17) is 10.3 Å². The molecule has 1 aromatic heterocycles. The minimum absolute atomic E-state index is 0.112. The first kappa shape index (κ1) is 11.2. The Morgan fingerprint density at radius 1 is 1.39 bits per heavy atom. The molecule has 0 radical (unpaired) electrons. The van der Waals surface area contributed by atoms with E-state index < -0.39 is 5.41 Å². The zero-order chi connectivity index (χ0) is 12.6. The molecule has 0 bridgehead atoms. The number of nitrogens with two attached hydrogens (primary N) is 1. The van der Waals surface area contributed by atoms with Crippen molar-refractivity contribution in [3.8, 4) is 0 Å². The molecule has 1 amide bonds. The molecule has 0 spiro atoms. The van der Waals surface area contributed by atoms with E-state index in [0.717, 1.165) is 36.8 Å². The Labute approximate surface area is 104 Å². The fourth-order valence-electron chi connectivity index (χ4n) is 2.92. The number of hydrazine groups is 1. The van der Waals surface area contributed by atoms with Crippen molar-refractivity contribution in [3.63, 3.8) is 0 Å². The molecule has 0 aliphatic heterocycles. The number of benzene rings is 1. The monoisotopic (exact) mass is 245 g/mol. The van der Waals surface area contributed by atoms with Crippen molar-refractivity contribution in [2.45, 2.75) is 31.1 Å². The van der Waals surface area contributed by atoms with Gasteiger partial charge in [-0.3, -0.25) is 10.2 Å². The Morgan fingerprint density at radius 2 is 2.17 bits per heavy atom. The van der Waals surface area contributed by atoms with Crippen molar-refractivity contribution >= 4 is 17.0 Å². The second kappa shape index (κ2) is 4.10. The van der Waals surface area contributed by atoms with E-state index in [1.165, 1.54) is 6.39 Å². The zero-order valence-corrected chi connectivity index (χ0v) is 9.98. The Bertz CT molecular complexity index is 585. The van der Waals surface area contributed by atoms with Gasteiger partial charge in [-0.05, 0) is 30.5 Å². The number of hydrogen-bond donors (Lipinski definition) is 2. The SMILES string of the molecule is NNC(=O)C1(c2ccc3ncoc3c2)CCCC1. The van der Waals surface area contributed by atoms with Crippen molar-refractivity contribution in [2.75, 3.05) is 0 Å². The third-order valence-electron chi connectivity index (χ3n) is 3.91. The van der Waals surface area contributed by atoms with Gasteiger partial charge in [0.05, 0.1) is 5.41 Å². The molecule has 5 heteroatoms. The van der Waals surface area contributed by atoms with E-state index in [1.54, 1.807) is 0 Å². The van der Waals surface area contributed by atoms with Gasteiger partial charge >= 0.3 is 0 Å². The number of aromatic nitrogens is 1. The fourth-order valence-corrected chi connectivity index (χ4v) is 2.92. The van der Waals surface area contributed by atoms with Gasteiger partial charge in [-0.2, -0.15) is 0 Å². The molecule has 1 aromatic carbocycles. The molecule has 0 unspecified atom stereocenters. The van der Waals surface area contributed by atoms with Crippen LogP contribution in [-0.2, 0) is 10.2 Å². The number of rotatable bonds is 2. The van der Waals surface area contributed by atoms with Crippen LogP contribution in [0.4, 0.5) is 0 Å². The number of nitrogens with zero attached hydrogens (tertiary/aromatic N) is 1. The van der Waals surface area contributed by atoms with E-state index in [1.807, 2.05) is 18.2 Å². The highest BCUT2D eigenvalue weighted by Crippen LogP contribution is 2.41. The van der Waals surface area contributed by atoms with Gasteiger partial charge < -0.3 is 4.42 Å². The molecule has 94 valence electrons. The molecular formula is C13H15N3O2. The van der Waals surface area contributed by atoms with Crippen LogP contribution >= 0.6 is 0 Å². The van der Waals surface area contributed by atoms with Crippen LogP contribution in [0.3, 0.4) is 0 Å². The lowest BCUT2D eigenvalue weighted by atomic mass is 9.78. The van der Waals surface area contributed by atoms with E-state index in [9.17, 15) is 4.79 Å². The highest BCUT2D eigenvalue weighted by atomic mass is 16.3. The molecule has 3 rings (SSSR count). The number of carbonyl (C=O) groups excluding carboxylic acids is 1. The van der Waals surface area contributed by atoms with Crippen molar-refractivity contribution in [2.24, 2.45) is 5.84 Å². The number of oxazole rings is 1. The minimum Gasteiger partial charge on any atom is -0.443 e. The molecule has 1 heterocycles. The topological polar surface area (TPSA) is 81.1 Å². The van der Waals surface area contributed by atoms with Crippen molar-refractivity contribution in [1.82, 2.24) is 10.4 Å². The summed E-state index contributed by atoms with van der Waals surface area (Å²) in [5.41, 5.74) is 4.28. The summed E-state index contributed by atoms with van der Waals surface area (Å²) in [7, 11) is 0. The highest BCUT2D eigenvalue weighted by molar-refractivity contribution is 5.89. The van der Waals surface area contributed by atoms with Crippen molar-refractivity contribution < 1.29 is 9.21 Å². The summed E-state index contributed by atoms with van der Waals surface area (Å²) in [5, 5.41) is 0. The zero-order valence-electron chi connectivity index (χ0n) is 9.98. The molecule has 0 saturated heterocycles. The average molecular weight is 245 g/mol. The van der Waals surface area contributed by atoms with Crippen LogP contribution in [0, 0.1) is 0 Å². The Morgan fingerprint density at radius 3 is 2.89 bits per heavy atom. The summed E-state index contributed by atoms with van der Waals surface area (Å²) in [5.74, 6) is 5.22. The Hall–Kier alpha value is -1.88. The lowest BCUT2D eigenvalue weighted by Crippen LogP contribution is -2.45. The smallest absolute Gasteiger partial charge is 0.244 e. The first-order valence-electron chi connectivity index (χ1n) is 6.11. The predicted octanol–water partition coefficient (Wildman–Crippen LogP) is 1.63. The third kappa shape index (κ3) is 1.51. The van der Waals surface area contributed by atoms with Gasteiger partial charge in [0.2, 0.25) is 5.91 Å². The highest BCUT2D eigenvalue weighted by Gasteiger charge is 2.42. The Kier molecular flexibility index (Phi) is 2.56. The number of carbonyl (C=O) groups is 1. The maximum Gasteiger partial charge on any atom is 0.244 e. The minimum atomic E-state index is -0.504. The van der Waals surface area contributed by atoms with Gasteiger partial charge in [-0.1, -0.05) is 18.9 Å². The summed E-state index contributed by atoms with van der Waals surface area (Å²) in [4.78, 5) is 16.2. The van der Waals surface area contributed by atoms with E-state index in [-0.39, 0.29) is 5.91 Å². The summed E-state index contributed by atoms with van der Waals surface area (Å²) in [6.45, 7) is 0. The maximum atomic E-state index is 12.1. The van der Waals surface area contributed by atoms with Crippen molar-refractivity contribution in [3.05, 3.63) is 30.2 Å². The summed E-state index contributed by atoms with van der Waals surface area (Å²) in [6, 6.07) is 5.74. The largest absolute Gasteiger partial charge is 0.443 e. The van der Waals surface area contributed by atoms with E-state index in [0.29, 0.717) is 5.58 Å². The summed E-state index contributed by atoms with van der Waals surface area (Å²) in [6.07, 6.45) is 5.16. The van der Waals surface area contributed by atoms with Crippen molar-refractivity contribution in [1.29, 1.82) is 0 Å². The quantitative estimate of drug-likeness (QED) is 0.478. The molecule has 2 aromatic rings. The van der Waals surface area contributed by atoms with Crippen LogP contribution in [0.15, 0.2) is 29.0 Å².